The van der Waals surface area contributed by atoms with Crippen molar-refractivity contribution in [2.75, 3.05) is 11.9 Å². The van der Waals surface area contributed by atoms with Gasteiger partial charge in [0, 0.05) is 35.0 Å². The summed E-state index contributed by atoms with van der Waals surface area (Å²) in [6, 6.07) is 0.898. The molecule has 0 amide bonds. The fourth-order valence-corrected chi connectivity index (χ4v) is 5.11. The van der Waals surface area contributed by atoms with Crippen molar-refractivity contribution in [2.45, 2.75) is 25.4 Å². The minimum absolute atomic E-state index is 0.210. The van der Waals surface area contributed by atoms with Gasteiger partial charge < -0.3 is 16.2 Å². The number of hydrogen-bond donors (Lipinski definition) is 3. The highest BCUT2D eigenvalue weighted by Crippen LogP contribution is 2.40. The van der Waals surface area contributed by atoms with Gasteiger partial charge in [0.05, 0.1) is 33.5 Å². The third-order valence-corrected chi connectivity index (χ3v) is 6.77. The average Bonchev–Trinajstić information content (AvgIpc) is 3.28. The molecule has 3 aromatic rings. The monoisotopic (exact) mass is 546 g/mol. The van der Waals surface area contributed by atoms with Gasteiger partial charge in [-0.3, -0.25) is 9.53 Å². The molecule has 0 radical (unpaired) electrons. The van der Waals surface area contributed by atoms with Gasteiger partial charge in [-0.1, -0.05) is 11.6 Å². The van der Waals surface area contributed by atoms with Crippen molar-refractivity contribution in [1.29, 1.82) is 0 Å². The topological polar surface area (TPSA) is 110 Å². The smallest absolute Gasteiger partial charge is 0.483 e. The number of nitrogens with one attached hydrogen (secondary N) is 1. The molecule has 0 spiro atoms. The highest BCUT2D eigenvalue weighted by molar-refractivity contribution is 9.10. The number of pyridine rings is 1. The number of carboxylic acid groups (broad SMARTS) is 1. The zero-order valence-corrected chi connectivity index (χ0v) is 18.9. The fourth-order valence-electron chi connectivity index (χ4n) is 2.33. The van der Waals surface area contributed by atoms with Crippen LogP contribution in [0.25, 0.3) is 10.2 Å². The fraction of sp³-hybridized carbons (Fsp3) is 0.312. The summed E-state index contributed by atoms with van der Waals surface area (Å²) in [6.45, 7) is -0.343. The summed E-state index contributed by atoms with van der Waals surface area (Å²) in [5, 5.41) is 13.3. The van der Waals surface area contributed by atoms with Crippen LogP contribution < -0.4 is 11.1 Å². The molecule has 3 heterocycles. The van der Waals surface area contributed by atoms with Crippen molar-refractivity contribution in [1.82, 2.24) is 9.97 Å². The van der Waals surface area contributed by atoms with E-state index in [0.717, 1.165) is 20.3 Å². The van der Waals surface area contributed by atoms with Gasteiger partial charge in [0.25, 0.3) is 6.47 Å². The van der Waals surface area contributed by atoms with E-state index in [4.69, 9.17) is 27.2 Å². The van der Waals surface area contributed by atoms with E-state index in [1.165, 1.54) is 22.7 Å². The Bertz CT molecular complexity index is 973. The van der Waals surface area contributed by atoms with Crippen LogP contribution in [0, 0.1) is 0 Å². The normalized spacial score (nSPS) is 12.3. The summed E-state index contributed by atoms with van der Waals surface area (Å²) >= 11 is 12.5. The molecule has 0 aliphatic rings. The van der Waals surface area contributed by atoms with Crippen LogP contribution in [-0.4, -0.2) is 40.6 Å². The standard InChI is InChI=1S/C15H13BrClF3N4OS2.CH2O2/c16-12-9(3-7(21)6-25-15(18,19)20)27-14-8(4-10(17)24-13(12)14)23-5-11-22-1-2-26-11;2-1-3/h1-2,4,7H,3,5-6,21H2,(H,23,24);1H,(H,2,3)/t7-;/m1./s1. The molecule has 0 saturated carbocycles. The van der Waals surface area contributed by atoms with Gasteiger partial charge >= 0.3 is 6.36 Å². The number of nitrogens with two attached hydrogens (primary N) is 1. The molecule has 7 nitrogen and oxygen atoms in total. The second kappa shape index (κ2) is 11.2. The first kappa shape index (κ1) is 24.8. The van der Waals surface area contributed by atoms with Crippen LogP contribution in [0.2, 0.25) is 5.15 Å². The lowest BCUT2D eigenvalue weighted by Crippen LogP contribution is -2.31. The summed E-state index contributed by atoms with van der Waals surface area (Å²) in [5.74, 6) is 0. The molecule has 0 fully saturated rings. The van der Waals surface area contributed by atoms with Crippen molar-refractivity contribution in [2.24, 2.45) is 5.73 Å². The van der Waals surface area contributed by atoms with E-state index >= 15 is 0 Å². The summed E-state index contributed by atoms with van der Waals surface area (Å²) < 4.78 is 41.9. The second-order valence-electron chi connectivity index (χ2n) is 5.62. The second-order valence-corrected chi connectivity index (χ2v) is 8.88. The quantitative estimate of drug-likeness (QED) is 0.285. The number of carbonyl (C=O) groups is 1. The summed E-state index contributed by atoms with van der Waals surface area (Å²) in [4.78, 5) is 17.7. The first-order valence-corrected chi connectivity index (χ1v) is 10.9. The number of hydrogen-bond acceptors (Lipinski definition) is 8. The molecule has 0 aliphatic carbocycles. The molecule has 3 aromatic heterocycles. The number of thiazole rings is 1. The zero-order chi connectivity index (χ0) is 22.3. The summed E-state index contributed by atoms with van der Waals surface area (Å²) in [7, 11) is 0. The zero-order valence-electron chi connectivity index (χ0n) is 14.9. The van der Waals surface area contributed by atoms with E-state index in [9.17, 15) is 13.2 Å². The number of thiophene rings is 1. The van der Waals surface area contributed by atoms with Crippen LogP contribution in [0.3, 0.4) is 0 Å². The minimum Gasteiger partial charge on any atom is -0.483 e. The van der Waals surface area contributed by atoms with Crippen LogP contribution in [0.5, 0.6) is 0 Å². The first-order valence-electron chi connectivity index (χ1n) is 8.08. The Hall–Kier alpha value is -1.51. The van der Waals surface area contributed by atoms with Crippen molar-refractivity contribution in [3.63, 3.8) is 0 Å². The number of halogens is 5. The highest BCUT2D eigenvalue weighted by atomic mass is 79.9. The number of fused-ring (bicyclic) bond motifs is 1. The molecular weight excluding hydrogens is 533 g/mol. The van der Waals surface area contributed by atoms with Crippen LogP contribution in [0.15, 0.2) is 22.1 Å². The van der Waals surface area contributed by atoms with E-state index in [1.807, 2.05) is 5.38 Å². The first-order chi connectivity index (χ1) is 14.1. The molecule has 30 heavy (non-hydrogen) atoms. The molecule has 0 aliphatic heterocycles. The summed E-state index contributed by atoms with van der Waals surface area (Å²) in [5.41, 5.74) is 7.19. The maximum Gasteiger partial charge on any atom is 0.522 e. The molecule has 0 aromatic carbocycles. The van der Waals surface area contributed by atoms with E-state index in [1.54, 1.807) is 12.3 Å². The van der Waals surface area contributed by atoms with E-state index < -0.39 is 19.0 Å². The number of rotatable bonds is 7. The molecule has 0 saturated heterocycles. The third kappa shape index (κ3) is 7.32. The Kier molecular flexibility index (Phi) is 9.25. The molecule has 14 heteroatoms. The SMILES string of the molecule is N[C@@H](COC(F)(F)F)Cc1sc2c(NCc3nccs3)cc(Cl)nc2c1Br.O=CO. The van der Waals surface area contributed by atoms with Gasteiger partial charge in [-0.15, -0.1) is 35.8 Å². The molecule has 4 N–H and O–H groups in total. The van der Waals surface area contributed by atoms with Crippen molar-refractivity contribution >= 4 is 72.6 Å². The molecular formula is C16H15BrClF3N4O3S2. The largest absolute Gasteiger partial charge is 0.522 e. The molecule has 0 bridgehead atoms. The molecule has 0 unspecified atom stereocenters. The van der Waals surface area contributed by atoms with Crippen molar-refractivity contribution in [3.05, 3.63) is 37.2 Å². The van der Waals surface area contributed by atoms with E-state index in [-0.39, 0.29) is 12.9 Å². The van der Waals surface area contributed by atoms with Crippen molar-refractivity contribution in [3.8, 4) is 0 Å². The summed E-state index contributed by atoms with van der Waals surface area (Å²) in [6.07, 6.45) is -2.76. The lowest BCUT2D eigenvalue weighted by molar-refractivity contribution is -0.325. The number of aromatic nitrogens is 2. The van der Waals surface area contributed by atoms with Gasteiger partial charge in [0.15, 0.2) is 0 Å². The molecule has 1 atom stereocenters. The van der Waals surface area contributed by atoms with Crippen LogP contribution in [0.1, 0.15) is 9.88 Å². The maximum absolute atomic E-state index is 12.2. The Morgan fingerprint density at radius 2 is 2.17 bits per heavy atom. The van der Waals surface area contributed by atoms with Gasteiger partial charge in [0.1, 0.15) is 10.2 Å². The number of anilines is 1. The maximum atomic E-state index is 12.2. The van der Waals surface area contributed by atoms with Crippen LogP contribution in [-0.2, 0) is 22.5 Å². The van der Waals surface area contributed by atoms with Gasteiger partial charge in [-0.25, -0.2) is 9.97 Å². The van der Waals surface area contributed by atoms with Gasteiger partial charge in [0.2, 0.25) is 0 Å². The average molecular weight is 548 g/mol. The molecule has 164 valence electrons. The van der Waals surface area contributed by atoms with Gasteiger partial charge in [-0.2, -0.15) is 0 Å². The van der Waals surface area contributed by atoms with E-state index in [0.29, 0.717) is 21.7 Å². The Morgan fingerprint density at radius 3 is 2.77 bits per heavy atom. The number of alkyl halides is 3. The van der Waals surface area contributed by atoms with Crippen molar-refractivity contribution < 1.29 is 27.8 Å². The molecule has 3 rings (SSSR count). The van der Waals surface area contributed by atoms with Crippen LogP contribution >= 0.6 is 50.2 Å². The minimum atomic E-state index is -4.70. The Morgan fingerprint density at radius 1 is 1.47 bits per heavy atom. The predicted molar refractivity (Wildman–Crippen MR) is 114 cm³/mol. The number of ether oxygens (including phenoxy) is 1. The Balaban J connectivity index is 0.00000101. The lowest BCUT2D eigenvalue weighted by atomic mass is 10.2. The van der Waals surface area contributed by atoms with Gasteiger partial charge in [-0.05, 0) is 15.9 Å². The van der Waals surface area contributed by atoms with Crippen LogP contribution in [0.4, 0.5) is 18.9 Å². The number of nitrogens with zero attached hydrogens (tertiary/aromatic N) is 2. The predicted octanol–water partition coefficient (Wildman–Crippen LogP) is 4.89. The highest BCUT2D eigenvalue weighted by Gasteiger charge is 2.30. The van der Waals surface area contributed by atoms with E-state index in [2.05, 4.69) is 36.0 Å². The third-order valence-electron chi connectivity index (χ3n) is 3.44. The lowest BCUT2D eigenvalue weighted by Gasteiger charge is -2.13. The Labute approximate surface area is 190 Å².